The number of amides is 2. The molecule has 7 heteroatoms. The van der Waals surface area contributed by atoms with Gasteiger partial charge in [0.15, 0.2) is 0 Å². The second kappa shape index (κ2) is 11.2. The van der Waals surface area contributed by atoms with Gasteiger partial charge in [0.25, 0.3) is 5.91 Å². The third kappa shape index (κ3) is 6.77. The maximum atomic E-state index is 12.4. The number of carbonyl (C=O) groups is 2. The van der Waals surface area contributed by atoms with Gasteiger partial charge in [0.1, 0.15) is 5.75 Å². The Labute approximate surface area is 177 Å². The van der Waals surface area contributed by atoms with Crippen LogP contribution < -0.4 is 20.7 Å². The zero-order valence-corrected chi connectivity index (χ0v) is 17.3. The molecule has 2 aromatic carbocycles. The standard InChI is InChI=1S/C23H29N3O4/c1-2-11-29-20-9-4-8-19(14-20)26-22(27)16-24-18-7-3-6-17(13-18)23(28)25-15-21-10-5-12-30-21/h3-4,6-9,13-14,21,24H,2,5,10-12,15-16H2,1H3,(H,25,28)(H,26,27). The molecule has 7 nitrogen and oxygen atoms in total. The molecule has 2 amide bonds. The zero-order valence-electron chi connectivity index (χ0n) is 17.3. The van der Waals surface area contributed by atoms with E-state index in [-0.39, 0.29) is 24.5 Å². The van der Waals surface area contributed by atoms with Gasteiger partial charge in [-0.25, -0.2) is 0 Å². The first-order chi connectivity index (χ1) is 14.6. The minimum absolute atomic E-state index is 0.0844. The molecular weight excluding hydrogens is 382 g/mol. The van der Waals surface area contributed by atoms with E-state index >= 15 is 0 Å². The van der Waals surface area contributed by atoms with Crippen LogP contribution in [0, 0.1) is 0 Å². The highest BCUT2D eigenvalue weighted by atomic mass is 16.5. The van der Waals surface area contributed by atoms with Gasteiger partial charge in [-0.2, -0.15) is 0 Å². The summed E-state index contributed by atoms with van der Waals surface area (Å²) < 4.78 is 11.1. The number of hydrogen-bond acceptors (Lipinski definition) is 5. The molecule has 0 saturated carbocycles. The topological polar surface area (TPSA) is 88.7 Å². The molecule has 160 valence electrons. The number of hydrogen-bond donors (Lipinski definition) is 3. The molecule has 1 aliphatic rings. The molecule has 2 aromatic rings. The van der Waals surface area contributed by atoms with Crippen LogP contribution in [0.4, 0.5) is 11.4 Å². The van der Waals surface area contributed by atoms with Crippen LogP contribution in [0.15, 0.2) is 48.5 Å². The SMILES string of the molecule is CCCOc1cccc(NC(=O)CNc2cccc(C(=O)NCC3CCCO3)c2)c1. The summed E-state index contributed by atoms with van der Waals surface area (Å²) in [7, 11) is 0. The van der Waals surface area contributed by atoms with E-state index in [9.17, 15) is 9.59 Å². The van der Waals surface area contributed by atoms with Crippen molar-refractivity contribution >= 4 is 23.2 Å². The van der Waals surface area contributed by atoms with Gasteiger partial charge < -0.3 is 25.4 Å². The second-order valence-corrected chi connectivity index (χ2v) is 7.20. The summed E-state index contributed by atoms with van der Waals surface area (Å²) >= 11 is 0. The number of rotatable bonds is 10. The lowest BCUT2D eigenvalue weighted by atomic mass is 10.1. The molecule has 1 heterocycles. The van der Waals surface area contributed by atoms with E-state index in [0.29, 0.717) is 30.1 Å². The first kappa shape index (κ1) is 21.6. The summed E-state index contributed by atoms with van der Waals surface area (Å²) in [5.41, 5.74) is 1.92. The predicted octanol–water partition coefficient (Wildman–Crippen LogP) is 3.43. The fourth-order valence-electron chi connectivity index (χ4n) is 3.16. The molecule has 3 rings (SSSR count). The van der Waals surface area contributed by atoms with Crippen LogP contribution in [0.3, 0.4) is 0 Å². The van der Waals surface area contributed by atoms with E-state index in [1.807, 2.05) is 31.2 Å². The maximum Gasteiger partial charge on any atom is 0.251 e. The van der Waals surface area contributed by atoms with Crippen LogP contribution in [0.25, 0.3) is 0 Å². The van der Waals surface area contributed by atoms with Crippen LogP contribution in [0.5, 0.6) is 5.75 Å². The quantitative estimate of drug-likeness (QED) is 0.557. The van der Waals surface area contributed by atoms with Crippen LogP contribution in [0.1, 0.15) is 36.5 Å². The van der Waals surface area contributed by atoms with Gasteiger partial charge in [-0.3, -0.25) is 9.59 Å². The highest BCUT2D eigenvalue weighted by molar-refractivity contribution is 5.96. The molecule has 0 spiro atoms. The molecule has 1 atom stereocenters. The van der Waals surface area contributed by atoms with Crippen molar-refractivity contribution in [1.82, 2.24) is 5.32 Å². The lowest BCUT2D eigenvalue weighted by molar-refractivity contribution is -0.114. The average molecular weight is 412 g/mol. The van der Waals surface area contributed by atoms with Crippen molar-refractivity contribution < 1.29 is 19.1 Å². The molecule has 1 saturated heterocycles. The van der Waals surface area contributed by atoms with E-state index in [0.717, 1.165) is 31.6 Å². The van der Waals surface area contributed by atoms with Gasteiger partial charge in [0.2, 0.25) is 5.91 Å². The smallest absolute Gasteiger partial charge is 0.251 e. The molecule has 1 unspecified atom stereocenters. The lowest BCUT2D eigenvalue weighted by Gasteiger charge is -2.12. The summed E-state index contributed by atoms with van der Waals surface area (Å²) in [6, 6.07) is 14.4. The molecule has 0 aliphatic carbocycles. The Bertz CT molecular complexity index is 850. The molecular formula is C23H29N3O4. The van der Waals surface area contributed by atoms with Crippen molar-refractivity contribution in [2.45, 2.75) is 32.3 Å². The van der Waals surface area contributed by atoms with Crippen molar-refractivity contribution in [3.05, 3.63) is 54.1 Å². The first-order valence-corrected chi connectivity index (χ1v) is 10.4. The Kier molecular flexibility index (Phi) is 8.09. The van der Waals surface area contributed by atoms with Crippen molar-refractivity contribution in [3.63, 3.8) is 0 Å². The minimum atomic E-state index is -0.184. The average Bonchev–Trinajstić information content (AvgIpc) is 3.29. The summed E-state index contributed by atoms with van der Waals surface area (Å²) in [5.74, 6) is 0.391. The van der Waals surface area contributed by atoms with Crippen LogP contribution in [-0.4, -0.2) is 44.2 Å². The molecule has 0 radical (unpaired) electrons. The van der Waals surface area contributed by atoms with Crippen molar-refractivity contribution in [3.8, 4) is 5.75 Å². The highest BCUT2D eigenvalue weighted by Crippen LogP contribution is 2.18. The third-order valence-electron chi connectivity index (χ3n) is 4.68. The third-order valence-corrected chi connectivity index (χ3v) is 4.68. The normalized spacial score (nSPS) is 15.4. The highest BCUT2D eigenvalue weighted by Gasteiger charge is 2.16. The summed E-state index contributed by atoms with van der Waals surface area (Å²) in [4.78, 5) is 24.6. The van der Waals surface area contributed by atoms with Crippen molar-refractivity contribution in [2.24, 2.45) is 0 Å². The van der Waals surface area contributed by atoms with E-state index < -0.39 is 0 Å². The van der Waals surface area contributed by atoms with Gasteiger partial charge in [-0.05, 0) is 49.6 Å². The number of carbonyl (C=O) groups excluding carboxylic acids is 2. The monoisotopic (exact) mass is 411 g/mol. The molecule has 30 heavy (non-hydrogen) atoms. The van der Waals surface area contributed by atoms with Crippen LogP contribution in [-0.2, 0) is 9.53 Å². The summed E-state index contributed by atoms with van der Waals surface area (Å²) in [6.07, 6.45) is 3.04. The Morgan fingerprint density at radius 3 is 2.77 bits per heavy atom. The molecule has 0 bridgehead atoms. The molecule has 3 N–H and O–H groups in total. The molecule has 0 aromatic heterocycles. The fraction of sp³-hybridized carbons (Fsp3) is 0.391. The van der Waals surface area contributed by atoms with Crippen LogP contribution in [0.2, 0.25) is 0 Å². The van der Waals surface area contributed by atoms with Gasteiger partial charge >= 0.3 is 0 Å². The van der Waals surface area contributed by atoms with Gasteiger partial charge in [-0.15, -0.1) is 0 Å². The molecule has 1 aliphatic heterocycles. The molecule has 1 fully saturated rings. The van der Waals surface area contributed by atoms with Gasteiger partial charge in [0.05, 0.1) is 19.3 Å². The van der Waals surface area contributed by atoms with E-state index in [1.165, 1.54) is 0 Å². The summed E-state index contributed by atoms with van der Waals surface area (Å²) in [6.45, 7) is 4.04. The van der Waals surface area contributed by atoms with Crippen LogP contribution >= 0.6 is 0 Å². The Morgan fingerprint density at radius 2 is 1.97 bits per heavy atom. The number of ether oxygens (including phenoxy) is 2. The summed E-state index contributed by atoms with van der Waals surface area (Å²) in [5, 5.41) is 8.80. The Hall–Kier alpha value is -3.06. The maximum absolute atomic E-state index is 12.4. The number of anilines is 2. The Balaban J connectivity index is 1.47. The minimum Gasteiger partial charge on any atom is -0.494 e. The second-order valence-electron chi connectivity index (χ2n) is 7.20. The van der Waals surface area contributed by atoms with Crippen molar-refractivity contribution in [2.75, 3.05) is 36.9 Å². The van der Waals surface area contributed by atoms with E-state index in [2.05, 4.69) is 16.0 Å². The first-order valence-electron chi connectivity index (χ1n) is 10.4. The number of benzene rings is 2. The lowest BCUT2D eigenvalue weighted by Crippen LogP contribution is -2.31. The van der Waals surface area contributed by atoms with E-state index in [1.54, 1.807) is 24.3 Å². The van der Waals surface area contributed by atoms with Crippen molar-refractivity contribution in [1.29, 1.82) is 0 Å². The van der Waals surface area contributed by atoms with E-state index in [4.69, 9.17) is 9.47 Å². The fourth-order valence-corrected chi connectivity index (χ4v) is 3.16. The van der Waals surface area contributed by atoms with Gasteiger partial charge in [-0.1, -0.05) is 19.1 Å². The van der Waals surface area contributed by atoms with Gasteiger partial charge in [0, 0.05) is 36.2 Å². The zero-order chi connectivity index (χ0) is 21.2. The number of nitrogens with one attached hydrogen (secondary N) is 3. The predicted molar refractivity (Wildman–Crippen MR) is 117 cm³/mol. The largest absolute Gasteiger partial charge is 0.494 e. The Morgan fingerprint density at radius 1 is 1.13 bits per heavy atom.